The second-order valence-corrected chi connectivity index (χ2v) is 5.87. The average molecular weight is 185 g/mol. The first-order valence-corrected chi connectivity index (χ1v) is 4.82. The van der Waals surface area contributed by atoms with Crippen molar-refractivity contribution >= 4 is 5.91 Å². The van der Waals surface area contributed by atoms with Crippen LogP contribution in [-0.2, 0) is 4.79 Å². The molecule has 0 heterocycles. The van der Waals surface area contributed by atoms with Crippen molar-refractivity contribution in [2.45, 2.75) is 54.5 Å². The Kier molecular flexibility index (Phi) is 3.54. The number of hydrogen-bond acceptors (Lipinski definition) is 1. The molecule has 0 aromatic heterocycles. The van der Waals surface area contributed by atoms with Crippen molar-refractivity contribution < 1.29 is 4.79 Å². The van der Waals surface area contributed by atoms with Gasteiger partial charge >= 0.3 is 0 Å². The van der Waals surface area contributed by atoms with Crippen molar-refractivity contribution in [1.29, 1.82) is 0 Å². The predicted molar refractivity (Wildman–Crippen MR) is 56.5 cm³/mol. The standard InChI is InChI=1S/C11H23NO/c1-8(13)12-9(10(2,3)4)11(5,6)7/h9H,1-7H3,(H,12,13). The van der Waals surface area contributed by atoms with Crippen molar-refractivity contribution in [2.24, 2.45) is 10.8 Å². The van der Waals surface area contributed by atoms with Gasteiger partial charge in [0.25, 0.3) is 0 Å². The lowest BCUT2D eigenvalue weighted by atomic mass is 9.72. The van der Waals surface area contributed by atoms with E-state index in [1.807, 2.05) is 0 Å². The van der Waals surface area contributed by atoms with Crippen molar-refractivity contribution in [1.82, 2.24) is 5.32 Å². The highest BCUT2D eigenvalue weighted by atomic mass is 16.1. The van der Waals surface area contributed by atoms with Crippen LogP contribution >= 0.6 is 0 Å². The quantitative estimate of drug-likeness (QED) is 0.668. The van der Waals surface area contributed by atoms with Crippen molar-refractivity contribution in [3.63, 3.8) is 0 Å². The van der Waals surface area contributed by atoms with Gasteiger partial charge in [-0.15, -0.1) is 0 Å². The maximum absolute atomic E-state index is 11.0. The molecule has 0 bridgehead atoms. The van der Waals surface area contributed by atoms with Crippen LogP contribution in [0.1, 0.15) is 48.5 Å². The molecule has 0 aliphatic rings. The minimum atomic E-state index is 0.0508. The molecule has 0 aliphatic carbocycles. The number of carbonyl (C=O) groups is 1. The summed E-state index contributed by atoms with van der Waals surface area (Å²) in [5.74, 6) is 0.0508. The van der Waals surface area contributed by atoms with Crippen LogP contribution < -0.4 is 5.32 Å². The Morgan fingerprint density at radius 2 is 1.31 bits per heavy atom. The molecule has 13 heavy (non-hydrogen) atoms. The van der Waals surface area contributed by atoms with E-state index in [2.05, 4.69) is 46.9 Å². The summed E-state index contributed by atoms with van der Waals surface area (Å²) < 4.78 is 0. The number of hydrogen-bond donors (Lipinski definition) is 1. The lowest BCUT2D eigenvalue weighted by Crippen LogP contribution is -2.50. The molecule has 0 aromatic rings. The second kappa shape index (κ2) is 3.69. The molecule has 2 nitrogen and oxygen atoms in total. The molecule has 0 unspecified atom stereocenters. The summed E-state index contributed by atoms with van der Waals surface area (Å²) in [6, 6.07) is 0.206. The third kappa shape index (κ3) is 4.30. The van der Waals surface area contributed by atoms with Gasteiger partial charge in [-0.1, -0.05) is 41.5 Å². The van der Waals surface area contributed by atoms with Gasteiger partial charge in [0.05, 0.1) is 0 Å². The largest absolute Gasteiger partial charge is 0.353 e. The molecule has 0 aliphatic heterocycles. The fourth-order valence-electron chi connectivity index (χ4n) is 1.94. The van der Waals surface area contributed by atoms with Crippen molar-refractivity contribution in [3.05, 3.63) is 0 Å². The topological polar surface area (TPSA) is 29.1 Å². The van der Waals surface area contributed by atoms with E-state index in [-0.39, 0.29) is 22.8 Å². The van der Waals surface area contributed by atoms with Crippen LogP contribution in [0, 0.1) is 10.8 Å². The molecule has 0 saturated carbocycles. The molecule has 0 atom stereocenters. The van der Waals surface area contributed by atoms with E-state index in [1.165, 1.54) is 0 Å². The van der Waals surface area contributed by atoms with E-state index in [4.69, 9.17) is 0 Å². The van der Waals surface area contributed by atoms with Crippen molar-refractivity contribution in [3.8, 4) is 0 Å². The monoisotopic (exact) mass is 185 g/mol. The average Bonchev–Trinajstić information content (AvgIpc) is 1.77. The highest BCUT2D eigenvalue weighted by Crippen LogP contribution is 2.33. The maximum Gasteiger partial charge on any atom is 0.217 e. The Labute approximate surface area is 82.1 Å². The smallest absolute Gasteiger partial charge is 0.217 e. The lowest BCUT2D eigenvalue weighted by Gasteiger charge is -2.41. The van der Waals surface area contributed by atoms with E-state index >= 15 is 0 Å². The fraction of sp³-hybridized carbons (Fsp3) is 0.909. The summed E-state index contributed by atoms with van der Waals surface area (Å²) in [5.41, 5.74) is 0.202. The van der Waals surface area contributed by atoms with E-state index < -0.39 is 0 Å². The Morgan fingerprint density at radius 1 is 1.00 bits per heavy atom. The molecule has 78 valence electrons. The SMILES string of the molecule is CC(=O)NC(C(C)(C)C)C(C)(C)C. The summed E-state index contributed by atoms with van der Waals surface area (Å²) in [4.78, 5) is 11.0. The highest BCUT2D eigenvalue weighted by molar-refractivity contribution is 5.73. The van der Waals surface area contributed by atoms with Gasteiger partial charge in [0, 0.05) is 13.0 Å². The van der Waals surface area contributed by atoms with Crippen LogP contribution in [0.25, 0.3) is 0 Å². The van der Waals surface area contributed by atoms with Crippen LogP contribution in [0.3, 0.4) is 0 Å². The van der Waals surface area contributed by atoms with Crippen LogP contribution in [-0.4, -0.2) is 11.9 Å². The van der Waals surface area contributed by atoms with Crippen LogP contribution in [0.5, 0.6) is 0 Å². The minimum absolute atomic E-state index is 0.0508. The molecule has 0 radical (unpaired) electrons. The molecule has 0 fully saturated rings. The second-order valence-electron chi connectivity index (χ2n) is 5.87. The highest BCUT2D eigenvalue weighted by Gasteiger charge is 2.35. The van der Waals surface area contributed by atoms with Crippen LogP contribution in [0.15, 0.2) is 0 Å². The van der Waals surface area contributed by atoms with Gasteiger partial charge in [0.1, 0.15) is 0 Å². The predicted octanol–water partition coefficient (Wildman–Crippen LogP) is 2.58. The maximum atomic E-state index is 11.0. The first kappa shape index (κ1) is 12.5. The van der Waals surface area contributed by atoms with Crippen LogP contribution in [0.4, 0.5) is 0 Å². The zero-order valence-electron chi connectivity index (χ0n) is 9.99. The third-order valence-corrected chi connectivity index (χ3v) is 2.08. The summed E-state index contributed by atoms with van der Waals surface area (Å²) in [7, 11) is 0. The Bertz CT molecular complexity index is 169. The number of amides is 1. The molecule has 0 aromatic carbocycles. The zero-order chi connectivity index (χ0) is 10.9. The summed E-state index contributed by atoms with van der Waals surface area (Å²) in [6.45, 7) is 14.5. The number of carbonyl (C=O) groups excluding carboxylic acids is 1. The molecule has 0 saturated heterocycles. The summed E-state index contributed by atoms with van der Waals surface area (Å²) in [5, 5.41) is 3.02. The van der Waals surface area contributed by atoms with Crippen molar-refractivity contribution in [2.75, 3.05) is 0 Å². The number of nitrogens with one attached hydrogen (secondary N) is 1. The van der Waals surface area contributed by atoms with E-state index in [0.29, 0.717) is 0 Å². The van der Waals surface area contributed by atoms with Gasteiger partial charge in [-0.3, -0.25) is 4.79 Å². The van der Waals surface area contributed by atoms with Gasteiger partial charge in [0.15, 0.2) is 0 Å². The molecule has 1 N–H and O–H groups in total. The normalized spacial score (nSPS) is 13.2. The summed E-state index contributed by atoms with van der Waals surface area (Å²) in [6.07, 6.45) is 0. The molecule has 0 rings (SSSR count). The Morgan fingerprint density at radius 3 is 1.38 bits per heavy atom. The number of rotatable bonds is 1. The third-order valence-electron chi connectivity index (χ3n) is 2.08. The molecule has 1 amide bonds. The van der Waals surface area contributed by atoms with Gasteiger partial charge in [0.2, 0.25) is 5.91 Å². The van der Waals surface area contributed by atoms with Crippen LogP contribution in [0.2, 0.25) is 0 Å². The lowest BCUT2D eigenvalue weighted by molar-refractivity contribution is -0.121. The van der Waals surface area contributed by atoms with Gasteiger partial charge < -0.3 is 5.32 Å². The van der Waals surface area contributed by atoms with E-state index in [9.17, 15) is 4.79 Å². The van der Waals surface area contributed by atoms with E-state index in [1.54, 1.807) is 6.92 Å². The first-order valence-electron chi connectivity index (χ1n) is 4.82. The Hall–Kier alpha value is -0.530. The molecule has 2 heteroatoms. The zero-order valence-corrected chi connectivity index (χ0v) is 9.99. The molecular weight excluding hydrogens is 162 g/mol. The van der Waals surface area contributed by atoms with Gasteiger partial charge in [-0.05, 0) is 10.8 Å². The Balaban J connectivity index is 4.68. The first-order chi connectivity index (χ1) is 5.55. The minimum Gasteiger partial charge on any atom is -0.353 e. The van der Waals surface area contributed by atoms with Gasteiger partial charge in [-0.25, -0.2) is 0 Å². The van der Waals surface area contributed by atoms with E-state index in [0.717, 1.165) is 0 Å². The molecular formula is C11H23NO. The van der Waals surface area contributed by atoms with Gasteiger partial charge in [-0.2, -0.15) is 0 Å². The fourth-order valence-corrected chi connectivity index (χ4v) is 1.94. The molecule has 0 spiro atoms. The summed E-state index contributed by atoms with van der Waals surface area (Å²) >= 11 is 0.